The first-order valence-corrected chi connectivity index (χ1v) is 24.7. The quantitative estimate of drug-likeness (QED) is 0.0283. The fourth-order valence-electron chi connectivity index (χ4n) is 8.91. The summed E-state index contributed by atoms with van der Waals surface area (Å²) in [5.41, 5.74) is 18.3. The molecule has 3 aliphatic heterocycles. The molecule has 1 unspecified atom stereocenters. The molecule has 0 radical (unpaired) electrons. The van der Waals surface area contributed by atoms with Crippen molar-refractivity contribution in [3.63, 3.8) is 0 Å². The molecule has 4 heterocycles. The van der Waals surface area contributed by atoms with E-state index in [1.54, 1.807) is 42.5 Å². The topological polar surface area (TPSA) is 400 Å². The van der Waals surface area contributed by atoms with Crippen LogP contribution in [0.25, 0.3) is 0 Å². The van der Waals surface area contributed by atoms with Crippen molar-refractivity contribution >= 4 is 71.0 Å². The number of phenolic OH excluding ortho intramolecular Hbond substituents is 1. The van der Waals surface area contributed by atoms with Crippen LogP contribution in [0.1, 0.15) is 61.8 Å². The number of carbonyl (C=O) groups excluding carboxylic acids is 7. The number of H-pyrrole nitrogens is 1. The van der Waals surface area contributed by atoms with Gasteiger partial charge in [-0.2, -0.15) is 0 Å². The predicted molar refractivity (Wildman–Crippen MR) is 263 cm³/mol. The van der Waals surface area contributed by atoms with Gasteiger partial charge in [0.1, 0.15) is 48.0 Å². The van der Waals surface area contributed by atoms with Gasteiger partial charge in [0.2, 0.25) is 41.4 Å². The van der Waals surface area contributed by atoms with Crippen LogP contribution in [0, 0.1) is 0 Å². The Bertz CT molecular complexity index is 2500. The van der Waals surface area contributed by atoms with E-state index >= 15 is 0 Å². The van der Waals surface area contributed by atoms with E-state index in [2.05, 4.69) is 41.5 Å². The molecule has 0 bridgehead atoms. The maximum Gasteiger partial charge on any atom is 0.326 e. The van der Waals surface area contributed by atoms with Crippen LogP contribution in [0.15, 0.2) is 72.1 Å². The van der Waals surface area contributed by atoms with Crippen molar-refractivity contribution in [3.8, 4) is 5.75 Å². The second kappa shape index (κ2) is 25.6. The van der Waals surface area contributed by atoms with Gasteiger partial charge in [0.25, 0.3) is 0 Å². The van der Waals surface area contributed by atoms with Crippen LogP contribution < -0.4 is 43.8 Å². The molecule has 3 fully saturated rings. The molecule has 1 aromatic heterocycles. The van der Waals surface area contributed by atoms with Crippen LogP contribution in [-0.4, -0.2) is 167 Å². The first-order valence-electron chi connectivity index (χ1n) is 23.7. The zero-order chi connectivity index (χ0) is 52.8. The highest BCUT2D eigenvalue weighted by Gasteiger charge is 2.48. The third-order valence-electron chi connectivity index (χ3n) is 12.6. The first-order chi connectivity index (χ1) is 34.9. The summed E-state index contributed by atoms with van der Waals surface area (Å²) >= 11 is 1.25. The highest BCUT2D eigenvalue weighted by molar-refractivity contribution is 7.99. The van der Waals surface area contributed by atoms with Crippen molar-refractivity contribution in [2.45, 2.75) is 118 Å². The van der Waals surface area contributed by atoms with Gasteiger partial charge in [-0.3, -0.25) is 43.3 Å². The molecule has 3 aromatic rings. The van der Waals surface area contributed by atoms with Crippen LogP contribution in [0.2, 0.25) is 0 Å². The summed E-state index contributed by atoms with van der Waals surface area (Å²) in [5, 5.41) is 41.8. The highest BCUT2D eigenvalue weighted by Crippen LogP contribution is 2.34. The number of hydrogen-bond donors (Lipinski definition) is 12. The molecule has 392 valence electrons. The number of imidazole rings is 1. The lowest BCUT2D eigenvalue weighted by molar-refractivity contribution is -0.145. The molecule has 3 saturated heterocycles. The normalized spacial score (nSPS) is 21.4. The van der Waals surface area contributed by atoms with Crippen molar-refractivity contribution < 1.29 is 58.5 Å². The largest absolute Gasteiger partial charge is 0.508 e. The Labute approximate surface area is 423 Å². The number of likely N-dealkylation sites (tertiary alicyclic amines) is 1. The lowest BCUT2D eigenvalue weighted by Crippen LogP contribution is -2.60. The van der Waals surface area contributed by atoms with Crippen molar-refractivity contribution in [1.29, 1.82) is 0 Å². The zero-order valence-corrected chi connectivity index (χ0v) is 40.5. The summed E-state index contributed by atoms with van der Waals surface area (Å²) in [4.78, 5) is 136. The van der Waals surface area contributed by atoms with Gasteiger partial charge in [0, 0.05) is 50.7 Å². The van der Waals surface area contributed by atoms with Gasteiger partial charge in [0.15, 0.2) is 5.96 Å². The Kier molecular flexibility index (Phi) is 19.1. The standard InChI is InChI=1S/C47H61N13O12S/c48-29(21-38(62)63)39(64)54-30(8-4-15-52-47(49)50)40(65)57-33-22-37-60(45(33)70)36(19-26-10-12-28(61)13-11-26)43(68)55-31(14-17-73-37)41(66)56-32(20-27-23-51-24-53-27)44(69)59-16-5-9-35(59)42(67)58-34(46(71)72)18-25-6-2-1-3-7-25/h1-3,6-7,10-13,23-24,29-37,61H,4-5,8-9,14-22,48H2,(H,51,53)(H,54,64)(H,55,68)(H,56,66)(H,57,65)(H,58,67)(H,62,63)(H,71,72)(H4,49,50,52)/t29-,30-,31+,32-,33-,34-,35+,36-,37?/m0/s1. The summed E-state index contributed by atoms with van der Waals surface area (Å²) < 4.78 is 0. The number of benzene rings is 2. The smallest absolute Gasteiger partial charge is 0.326 e. The number of amides is 7. The molecule has 3 aliphatic rings. The number of carbonyl (C=O) groups is 9. The number of carboxylic acids is 2. The van der Waals surface area contributed by atoms with Crippen LogP contribution >= 0.6 is 11.8 Å². The van der Waals surface area contributed by atoms with Gasteiger partial charge in [-0.25, -0.2) is 9.78 Å². The van der Waals surface area contributed by atoms with E-state index in [-0.39, 0.29) is 81.9 Å². The van der Waals surface area contributed by atoms with Crippen LogP contribution in [0.4, 0.5) is 0 Å². The highest BCUT2D eigenvalue weighted by atomic mass is 32.2. The summed E-state index contributed by atoms with van der Waals surface area (Å²) in [6.45, 7) is 0.219. The number of hydrogen-bond acceptors (Lipinski definition) is 14. The summed E-state index contributed by atoms with van der Waals surface area (Å²) in [6, 6.07) is 4.58. The number of carboxylic acid groups (broad SMARTS) is 2. The number of thioether (sulfide) groups is 1. The molecule has 15 N–H and O–H groups in total. The number of nitrogens with one attached hydrogen (secondary N) is 6. The van der Waals surface area contributed by atoms with Gasteiger partial charge in [-0.1, -0.05) is 42.5 Å². The maximum atomic E-state index is 14.6. The van der Waals surface area contributed by atoms with Gasteiger partial charge in [0.05, 0.1) is 24.2 Å². The number of nitrogens with zero attached hydrogens (tertiary/aromatic N) is 4. The number of aromatic amines is 1. The third-order valence-corrected chi connectivity index (χ3v) is 13.9. The van der Waals surface area contributed by atoms with Crippen LogP contribution in [0.5, 0.6) is 5.75 Å². The SMILES string of the molecule is NC(N)=NCCC[C@H](NC(=O)[C@@H](N)CC(=O)O)C(=O)N[C@H]1CC2SCC[C@H](C(=O)N[C@@H](Cc3cnc[nH]3)C(=O)N3CCC[C@@H]3C(=O)N[C@@H](Cc3ccccc3)C(=O)O)NC(=O)[C@H](Cc3ccc(O)cc3)N2C1=O. The molecule has 0 saturated carbocycles. The minimum absolute atomic E-state index is 0.00576. The fourth-order valence-corrected chi connectivity index (χ4v) is 10.3. The van der Waals surface area contributed by atoms with E-state index in [1.165, 1.54) is 46.2 Å². The number of aromatic hydroxyl groups is 1. The fraction of sp³-hybridized carbons (Fsp3) is 0.468. The molecule has 26 heteroatoms. The minimum atomic E-state index is -1.49. The number of phenols is 1. The van der Waals surface area contributed by atoms with Gasteiger partial charge in [-0.05, 0) is 61.1 Å². The van der Waals surface area contributed by atoms with Gasteiger partial charge < -0.3 is 73.9 Å². The van der Waals surface area contributed by atoms with Gasteiger partial charge in [-0.15, -0.1) is 11.8 Å². The second-order valence-corrected chi connectivity index (χ2v) is 19.2. The van der Waals surface area contributed by atoms with E-state index in [0.29, 0.717) is 23.2 Å². The maximum absolute atomic E-state index is 14.6. The van der Waals surface area contributed by atoms with Crippen LogP contribution in [0.3, 0.4) is 0 Å². The second-order valence-electron chi connectivity index (χ2n) is 17.9. The van der Waals surface area contributed by atoms with Crippen molar-refractivity contribution in [2.75, 3.05) is 18.8 Å². The summed E-state index contributed by atoms with van der Waals surface area (Å²) in [5.74, 6) is -7.78. The number of guanidine groups is 1. The number of aromatic nitrogens is 2. The average molecular weight is 1030 g/mol. The molecule has 6 rings (SSSR count). The lowest BCUT2D eigenvalue weighted by Gasteiger charge is -2.32. The van der Waals surface area contributed by atoms with Crippen molar-refractivity contribution in [3.05, 3.63) is 83.9 Å². The molecule has 9 atom stereocenters. The van der Waals surface area contributed by atoms with E-state index in [9.17, 15) is 53.4 Å². The molecule has 0 aliphatic carbocycles. The summed E-state index contributed by atoms with van der Waals surface area (Å²) in [7, 11) is 0. The Morgan fingerprint density at radius 2 is 1.60 bits per heavy atom. The third kappa shape index (κ3) is 15.1. The Hall–Kier alpha value is -7.74. The predicted octanol–water partition coefficient (Wildman–Crippen LogP) is -2.44. The lowest BCUT2D eigenvalue weighted by atomic mass is 10.0. The monoisotopic (exact) mass is 1030 g/mol. The average Bonchev–Trinajstić information content (AvgIpc) is 4.13. The molecule has 25 nitrogen and oxygen atoms in total. The first kappa shape index (κ1) is 54.6. The zero-order valence-electron chi connectivity index (χ0n) is 39.7. The molecular formula is C47H61N13O12S. The van der Waals surface area contributed by atoms with E-state index < -0.39 is 113 Å². The molecule has 73 heavy (non-hydrogen) atoms. The Balaban J connectivity index is 1.19. The molecule has 2 aromatic carbocycles. The Morgan fingerprint density at radius 3 is 2.27 bits per heavy atom. The van der Waals surface area contributed by atoms with E-state index in [1.807, 2.05) is 0 Å². The van der Waals surface area contributed by atoms with Crippen molar-refractivity contribution in [2.24, 2.45) is 22.2 Å². The number of aliphatic carboxylic acids is 2. The number of fused-ring (bicyclic) bond motifs is 1. The number of aliphatic imine (C=N–C) groups is 1. The minimum Gasteiger partial charge on any atom is -0.508 e. The number of rotatable bonds is 22. The molecule has 7 amide bonds. The van der Waals surface area contributed by atoms with Crippen molar-refractivity contribution in [1.82, 2.24) is 46.4 Å². The van der Waals surface area contributed by atoms with Gasteiger partial charge >= 0.3 is 11.9 Å². The van der Waals surface area contributed by atoms with E-state index in [0.717, 1.165) is 0 Å². The Morgan fingerprint density at radius 1 is 0.877 bits per heavy atom. The summed E-state index contributed by atoms with van der Waals surface area (Å²) in [6.07, 6.45) is 2.79. The van der Waals surface area contributed by atoms with Crippen LogP contribution in [-0.2, 0) is 62.4 Å². The number of nitrogens with two attached hydrogens (primary N) is 3. The molecule has 0 spiro atoms. The van der Waals surface area contributed by atoms with E-state index in [4.69, 9.17) is 22.3 Å². The molecular weight excluding hydrogens is 971 g/mol.